The Morgan fingerprint density at radius 1 is 0.950 bits per heavy atom. The number of fused-ring (bicyclic) bond motifs is 1. The summed E-state index contributed by atoms with van der Waals surface area (Å²) in [5, 5.41) is 13.5. The van der Waals surface area contributed by atoms with Crippen LogP contribution in [0.25, 0.3) is 22.0 Å². The molecule has 1 saturated heterocycles. The van der Waals surface area contributed by atoms with Gasteiger partial charge in [-0.05, 0) is 46.9 Å². The number of rotatable bonds is 6. The molecule has 0 amide bonds. The summed E-state index contributed by atoms with van der Waals surface area (Å²) < 4.78 is 9.00. The molecule has 1 unspecified atom stereocenters. The van der Waals surface area contributed by atoms with Crippen LogP contribution in [-0.4, -0.2) is 50.4 Å². The summed E-state index contributed by atoms with van der Waals surface area (Å²) in [6, 6.07) is 23.9. The molecule has 7 nitrogen and oxygen atoms in total. The highest BCUT2D eigenvalue weighted by molar-refractivity contribution is 5.95. The molecule has 5 aromatic rings. The molecule has 1 fully saturated rings. The molecule has 1 aliphatic heterocycles. The highest BCUT2D eigenvalue weighted by Crippen LogP contribution is 2.39. The van der Waals surface area contributed by atoms with Crippen molar-refractivity contribution in [2.24, 2.45) is 14.1 Å². The number of imidazole rings is 1. The van der Waals surface area contributed by atoms with E-state index in [0.29, 0.717) is 11.3 Å². The maximum atomic E-state index is 12.9. The average molecular weight is 535 g/mol. The molecule has 0 bridgehead atoms. The van der Waals surface area contributed by atoms with Crippen LogP contribution in [0.5, 0.6) is 0 Å². The third kappa shape index (κ3) is 4.66. The van der Waals surface area contributed by atoms with Gasteiger partial charge < -0.3 is 19.0 Å². The van der Waals surface area contributed by atoms with Crippen molar-refractivity contribution < 1.29 is 9.84 Å². The lowest BCUT2D eigenvalue weighted by atomic mass is 9.82. The predicted octanol–water partition coefficient (Wildman–Crippen LogP) is 4.36. The summed E-state index contributed by atoms with van der Waals surface area (Å²) in [6.07, 6.45) is 3.42. The van der Waals surface area contributed by atoms with Crippen LogP contribution in [0.4, 0.5) is 0 Å². The van der Waals surface area contributed by atoms with Crippen LogP contribution in [0.15, 0.2) is 90.1 Å². The molecular formula is C33H34N4O3. The van der Waals surface area contributed by atoms with Gasteiger partial charge >= 0.3 is 0 Å². The van der Waals surface area contributed by atoms with Crippen molar-refractivity contribution in [2.45, 2.75) is 19.1 Å². The Morgan fingerprint density at radius 3 is 2.40 bits per heavy atom. The number of hydrogen-bond donors (Lipinski definition) is 1. The number of ether oxygens (including phenoxy) is 1. The Hall–Kier alpha value is -4.04. The molecule has 0 aliphatic carbocycles. The predicted molar refractivity (Wildman–Crippen MR) is 157 cm³/mol. The zero-order chi connectivity index (χ0) is 27.9. The third-order valence-corrected chi connectivity index (χ3v) is 8.06. The molecule has 3 aromatic carbocycles. The van der Waals surface area contributed by atoms with E-state index in [1.807, 2.05) is 67.1 Å². The van der Waals surface area contributed by atoms with E-state index < -0.39 is 5.60 Å². The van der Waals surface area contributed by atoms with E-state index in [9.17, 15) is 9.90 Å². The average Bonchev–Trinajstić information content (AvgIpc) is 3.41. The molecule has 40 heavy (non-hydrogen) atoms. The van der Waals surface area contributed by atoms with Gasteiger partial charge in [0.05, 0.1) is 36.9 Å². The highest BCUT2D eigenvalue weighted by atomic mass is 16.5. The molecule has 204 valence electrons. The van der Waals surface area contributed by atoms with Crippen molar-refractivity contribution in [3.05, 3.63) is 124 Å². The Kier molecular flexibility index (Phi) is 6.88. The van der Waals surface area contributed by atoms with Gasteiger partial charge in [-0.2, -0.15) is 0 Å². The standard InChI is InChI=1S/C33H34N4O3/c1-23-5-4-6-25(17-23)28-19-32(38)36(3)30-12-11-27(18-29(28)30)33(39,31-20-34-22-35(31)2)26-9-7-24(8-10-26)21-37-13-15-40-16-14-37/h4-12,17-20,22,39H,13-16,21H2,1-3H3. The lowest BCUT2D eigenvalue weighted by Crippen LogP contribution is -2.35. The Morgan fingerprint density at radius 2 is 1.70 bits per heavy atom. The van der Waals surface area contributed by atoms with Crippen molar-refractivity contribution in [2.75, 3.05) is 26.3 Å². The van der Waals surface area contributed by atoms with Crippen molar-refractivity contribution in [1.82, 2.24) is 19.0 Å². The molecule has 1 aliphatic rings. The first kappa shape index (κ1) is 26.2. The minimum Gasteiger partial charge on any atom is -0.379 e. The third-order valence-electron chi connectivity index (χ3n) is 8.06. The molecule has 0 spiro atoms. The van der Waals surface area contributed by atoms with Crippen molar-refractivity contribution in [3.63, 3.8) is 0 Å². The van der Waals surface area contributed by atoms with Crippen LogP contribution in [-0.2, 0) is 31.0 Å². The number of aryl methyl sites for hydroxylation is 3. The number of aliphatic hydroxyl groups is 1. The molecule has 6 rings (SSSR count). The molecule has 2 aromatic heterocycles. The van der Waals surface area contributed by atoms with Crippen LogP contribution < -0.4 is 5.56 Å². The summed E-state index contributed by atoms with van der Waals surface area (Å²) in [6.45, 7) is 6.25. The maximum Gasteiger partial charge on any atom is 0.251 e. The number of aromatic nitrogens is 3. The first-order chi connectivity index (χ1) is 19.3. The fourth-order valence-electron chi connectivity index (χ4n) is 5.77. The van der Waals surface area contributed by atoms with Crippen LogP contribution in [0.3, 0.4) is 0 Å². The van der Waals surface area contributed by atoms with Crippen LogP contribution >= 0.6 is 0 Å². The van der Waals surface area contributed by atoms with Crippen LogP contribution in [0.1, 0.15) is 27.9 Å². The smallest absolute Gasteiger partial charge is 0.251 e. The van der Waals surface area contributed by atoms with Gasteiger partial charge in [-0.15, -0.1) is 0 Å². The summed E-state index contributed by atoms with van der Waals surface area (Å²) in [4.78, 5) is 19.6. The lowest BCUT2D eigenvalue weighted by Gasteiger charge is -2.31. The number of hydrogen-bond acceptors (Lipinski definition) is 5. The van der Waals surface area contributed by atoms with E-state index in [4.69, 9.17) is 4.74 Å². The SMILES string of the molecule is Cc1cccc(-c2cc(=O)n(C)c3ccc(C(O)(c4ccc(CN5CCOCC5)cc4)c4cncn4C)cc23)c1. The Labute approximate surface area is 233 Å². The van der Waals surface area contributed by atoms with E-state index in [2.05, 4.69) is 28.1 Å². The number of morpholine rings is 1. The summed E-state index contributed by atoms with van der Waals surface area (Å²) in [5.41, 5.74) is 5.51. The van der Waals surface area contributed by atoms with Gasteiger partial charge in [-0.3, -0.25) is 9.69 Å². The van der Waals surface area contributed by atoms with Gasteiger partial charge in [0.25, 0.3) is 5.56 Å². The number of nitrogens with zero attached hydrogens (tertiary/aromatic N) is 4. The van der Waals surface area contributed by atoms with Gasteiger partial charge in [0, 0.05) is 45.2 Å². The number of pyridine rings is 1. The lowest BCUT2D eigenvalue weighted by molar-refractivity contribution is 0.0342. The molecule has 1 atom stereocenters. The van der Waals surface area contributed by atoms with Gasteiger partial charge in [-0.1, -0.05) is 60.2 Å². The minimum atomic E-state index is -1.46. The summed E-state index contributed by atoms with van der Waals surface area (Å²) in [7, 11) is 3.67. The maximum absolute atomic E-state index is 12.9. The first-order valence-electron chi connectivity index (χ1n) is 13.6. The quantitative estimate of drug-likeness (QED) is 0.351. The normalized spacial score (nSPS) is 15.8. The summed E-state index contributed by atoms with van der Waals surface area (Å²) in [5.74, 6) is 0. The molecule has 1 N–H and O–H groups in total. The second-order valence-electron chi connectivity index (χ2n) is 10.7. The fourth-order valence-corrected chi connectivity index (χ4v) is 5.77. The monoisotopic (exact) mass is 534 g/mol. The zero-order valence-electron chi connectivity index (χ0n) is 23.2. The molecule has 3 heterocycles. The second kappa shape index (κ2) is 10.5. The first-order valence-corrected chi connectivity index (χ1v) is 13.6. The van der Waals surface area contributed by atoms with E-state index >= 15 is 0 Å². The van der Waals surface area contributed by atoms with Crippen molar-refractivity contribution in [3.8, 4) is 11.1 Å². The largest absolute Gasteiger partial charge is 0.379 e. The van der Waals surface area contributed by atoms with E-state index in [1.54, 1.807) is 30.2 Å². The fraction of sp³-hybridized carbons (Fsp3) is 0.273. The van der Waals surface area contributed by atoms with E-state index in [0.717, 1.165) is 66.0 Å². The molecule has 0 saturated carbocycles. The molecule has 0 radical (unpaired) electrons. The Balaban J connectivity index is 1.50. The molecular weight excluding hydrogens is 500 g/mol. The summed E-state index contributed by atoms with van der Waals surface area (Å²) >= 11 is 0. The van der Waals surface area contributed by atoms with Gasteiger partial charge in [0.15, 0.2) is 5.60 Å². The zero-order valence-corrected chi connectivity index (χ0v) is 23.2. The van der Waals surface area contributed by atoms with Crippen molar-refractivity contribution in [1.29, 1.82) is 0 Å². The van der Waals surface area contributed by atoms with Gasteiger partial charge in [0.2, 0.25) is 0 Å². The second-order valence-corrected chi connectivity index (χ2v) is 10.7. The van der Waals surface area contributed by atoms with Gasteiger partial charge in [0.1, 0.15) is 0 Å². The van der Waals surface area contributed by atoms with E-state index in [1.165, 1.54) is 5.56 Å². The topological polar surface area (TPSA) is 72.5 Å². The molecule has 7 heteroatoms. The van der Waals surface area contributed by atoms with Crippen LogP contribution in [0.2, 0.25) is 0 Å². The number of benzene rings is 3. The van der Waals surface area contributed by atoms with Crippen molar-refractivity contribution >= 4 is 10.9 Å². The minimum absolute atomic E-state index is 0.0745. The van der Waals surface area contributed by atoms with E-state index in [-0.39, 0.29) is 5.56 Å². The highest BCUT2D eigenvalue weighted by Gasteiger charge is 2.37. The van der Waals surface area contributed by atoms with Crippen LogP contribution in [0, 0.1) is 6.92 Å². The Bertz CT molecular complexity index is 1730. The van der Waals surface area contributed by atoms with Gasteiger partial charge in [-0.25, -0.2) is 4.98 Å².